The van der Waals surface area contributed by atoms with Gasteiger partial charge >= 0.3 is 0 Å². The first kappa shape index (κ1) is 8.78. The Morgan fingerprint density at radius 1 is 1.20 bits per heavy atom. The Kier molecular flexibility index (Phi) is 1.61. The first-order valence-electron chi connectivity index (χ1n) is 5.42. The van der Waals surface area contributed by atoms with Crippen LogP contribution in [0.1, 0.15) is 18.4 Å². The van der Waals surface area contributed by atoms with Gasteiger partial charge in [0.2, 0.25) is 0 Å². The van der Waals surface area contributed by atoms with Crippen molar-refractivity contribution < 1.29 is 0 Å². The summed E-state index contributed by atoms with van der Waals surface area (Å²) < 4.78 is 0. The molecule has 0 saturated heterocycles. The summed E-state index contributed by atoms with van der Waals surface area (Å²) in [5.41, 5.74) is 2.93. The molecule has 0 bridgehead atoms. The summed E-state index contributed by atoms with van der Waals surface area (Å²) in [6.07, 6.45) is 8.92. The van der Waals surface area contributed by atoms with Crippen molar-refractivity contribution in [2.24, 2.45) is 0 Å². The van der Waals surface area contributed by atoms with Gasteiger partial charge in [0, 0.05) is 18.7 Å². The molecule has 2 unspecified atom stereocenters. The molecule has 0 aromatic heterocycles. The number of likely N-dealkylation sites (N-methyl/N-ethyl adjacent to an activating group) is 1. The van der Waals surface area contributed by atoms with Gasteiger partial charge in [-0.2, -0.15) is 0 Å². The second-order valence-electron chi connectivity index (χ2n) is 4.57. The Morgan fingerprint density at radius 3 is 2.87 bits per heavy atom. The molecule has 0 amide bonds. The lowest BCUT2D eigenvalue weighted by molar-refractivity contribution is 0.526. The van der Waals surface area contributed by atoms with Crippen LogP contribution in [0.25, 0.3) is 0 Å². The van der Waals surface area contributed by atoms with Gasteiger partial charge in [-0.15, -0.1) is 0 Å². The summed E-state index contributed by atoms with van der Waals surface area (Å²) in [4.78, 5) is 2.38. The Morgan fingerprint density at radius 2 is 2.00 bits per heavy atom. The third-order valence-corrected chi connectivity index (χ3v) is 3.83. The Bertz CT molecular complexity index is 458. The van der Waals surface area contributed by atoms with Crippen molar-refractivity contribution >= 4 is 5.69 Å². The largest absolute Gasteiger partial charge is 0.365 e. The SMILES string of the molecule is CN1c2ccccc2C2C=CC=CC21C. The van der Waals surface area contributed by atoms with E-state index in [0.717, 1.165) is 0 Å². The fraction of sp³-hybridized carbons (Fsp3) is 0.286. The highest BCUT2D eigenvalue weighted by Gasteiger charge is 2.43. The van der Waals surface area contributed by atoms with Gasteiger partial charge in [-0.3, -0.25) is 0 Å². The first-order chi connectivity index (χ1) is 7.23. The molecule has 0 N–H and O–H groups in total. The normalized spacial score (nSPS) is 31.6. The smallest absolute Gasteiger partial charge is 0.0660 e. The summed E-state index contributed by atoms with van der Waals surface area (Å²) in [5, 5.41) is 0. The van der Waals surface area contributed by atoms with Crippen LogP contribution < -0.4 is 4.90 Å². The van der Waals surface area contributed by atoms with Crippen LogP contribution in [0.3, 0.4) is 0 Å². The predicted molar refractivity (Wildman–Crippen MR) is 64.3 cm³/mol. The van der Waals surface area contributed by atoms with Crippen molar-refractivity contribution in [3.8, 4) is 0 Å². The minimum atomic E-state index is 0.123. The average Bonchev–Trinajstić information content (AvgIpc) is 2.50. The molecule has 1 heteroatoms. The van der Waals surface area contributed by atoms with E-state index < -0.39 is 0 Å². The maximum Gasteiger partial charge on any atom is 0.0660 e. The Balaban J connectivity index is 2.23. The molecule has 2 aliphatic rings. The van der Waals surface area contributed by atoms with E-state index in [0.29, 0.717) is 5.92 Å². The van der Waals surface area contributed by atoms with E-state index in [1.165, 1.54) is 11.3 Å². The molecule has 2 atom stereocenters. The van der Waals surface area contributed by atoms with E-state index in [-0.39, 0.29) is 5.54 Å². The average molecular weight is 197 g/mol. The van der Waals surface area contributed by atoms with Gasteiger partial charge in [0.05, 0.1) is 5.54 Å². The lowest BCUT2D eigenvalue weighted by atomic mass is 9.81. The van der Waals surface area contributed by atoms with E-state index in [2.05, 4.69) is 67.4 Å². The van der Waals surface area contributed by atoms with Crippen LogP contribution in [0, 0.1) is 0 Å². The molecule has 0 fully saturated rings. The van der Waals surface area contributed by atoms with Crippen molar-refractivity contribution in [2.75, 3.05) is 11.9 Å². The van der Waals surface area contributed by atoms with Crippen LogP contribution in [0.4, 0.5) is 5.69 Å². The molecule has 3 rings (SSSR count). The van der Waals surface area contributed by atoms with E-state index >= 15 is 0 Å². The van der Waals surface area contributed by atoms with Gasteiger partial charge in [0.15, 0.2) is 0 Å². The number of hydrogen-bond donors (Lipinski definition) is 0. The van der Waals surface area contributed by atoms with E-state index in [4.69, 9.17) is 0 Å². The number of rotatable bonds is 0. The zero-order valence-electron chi connectivity index (χ0n) is 9.14. The molecule has 1 heterocycles. The highest BCUT2D eigenvalue weighted by molar-refractivity contribution is 5.67. The Hall–Kier alpha value is -1.50. The molecule has 1 aliphatic heterocycles. The molecule has 15 heavy (non-hydrogen) atoms. The zero-order chi connectivity index (χ0) is 10.5. The summed E-state index contributed by atoms with van der Waals surface area (Å²) in [7, 11) is 2.18. The lowest BCUT2D eigenvalue weighted by Gasteiger charge is -2.36. The van der Waals surface area contributed by atoms with Crippen LogP contribution >= 0.6 is 0 Å². The summed E-state index contributed by atoms with van der Waals surface area (Å²) >= 11 is 0. The summed E-state index contributed by atoms with van der Waals surface area (Å²) in [6.45, 7) is 2.30. The first-order valence-corrected chi connectivity index (χ1v) is 5.42. The maximum absolute atomic E-state index is 2.38. The number of allylic oxidation sites excluding steroid dienone is 2. The third kappa shape index (κ3) is 0.980. The molecule has 0 saturated carbocycles. The summed E-state index contributed by atoms with van der Waals surface area (Å²) in [5.74, 6) is 0.503. The molecular weight excluding hydrogens is 182 g/mol. The van der Waals surface area contributed by atoms with Crippen LogP contribution in [0.2, 0.25) is 0 Å². The topological polar surface area (TPSA) is 3.24 Å². The second-order valence-corrected chi connectivity index (χ2v) is 4.57. The van der Waals surface area contributed by atoms with Gasteiger partial charge < -0.3 is 4.90 Å². The quantitative estimate of drug-likeness (QED) is 0.617. The zero-order valence-corrected chi connectivity index (χ0v) is 9.14. The monoisotopic (exact) mass is 197 g/mol. The standard InChI is InChI=1S/C14H15N/c1-14-10-6-5-8-12(14)11-7-3-4-9-13(11)15(14)2/h3-10,12H,1-2H3. The fourth-order valence-corrected chi connectivity index (χ4v) is 2.78. The van der Waals surface area contributed by atoms with E-state index in [9.17, 15) is 0 Å². The van der Waals surface area contributed by atoms with Gasteiger partial charge in [-0.1, -0.05) is 42.5 Å². The minimum absolute atomic E-state index is 0.123. The van der Waals surface area contributed by atoms with Crippen molar-refractivity contribution in [1.29, 1.82) is 0 Å². The molecule has 1 nitrogen and oxygen atoms in total. The van der Waals surface area contributed by atoms with Crippen molar-refractivity contribution in [3.63, 3.8) is 0 Å². The fourth-order valence-electron chi connectivity index (χ4n) is 2.78. The number of fused-ring (bicyclic) bond motifs is 3. The molecule has 1 aromatic carbocycles. The number of benzene rings is 1. The number of para-hydroxylation sites is 1. The molecule has 1 aromatic rings. The van der Waals surface area contributed by atoms with Crippen LogP contribution in [-0.4, -0.2) is 12.6 Å². The lowest BCUT2D eigenvalue weighted by Crippen LogP contribution is -2.42. The number of hydrogen-bond acceptors (Lipinski definition) is 1. The second kappa shape index (κ2) is 2.75. The molecule has 76 valence electrons. The third-order valence-electron chi connectivity index (χ3n) is 3.83. The summed E-state index contributed by atoms with van der Waals surface area (Å²) in [6, 6.07) is 8.69. The Labute approximate surface area is 90.7 Å². The van der Waals surface area contributed by atoms with E-state index in [1.54, 1.807) is 0 Å². The highest BCUT2D eigenvalue weighted by atomic mass is 15.2. The van der Waals surface area contributed by atoms with Crippen LogP contribution in [-0.2, 0) is 0 Å². The molecule has 0 spiro atoms. The van der Waals surface area contributed by atoms with Crippen molar-refractivity contribution in [3.05, 3.63) is 54.1 Å². The molecule has 1 aliphatic carbocycles. The van der Waals surface area contributed by atoms with Gasteiger partial charge in [0.25, 0.3) is 0 Å². The maximum atomic E-state index is 2.38. The van der Waals surface area contributed by atoms with Gasteiger partial charge in [-0.25, -0.2) is 0 Å². The van der Waals surface area contributed by atoms with E-state index in [1.807, 2.05) is 0 Å². The molecular formula is C14H15N. The van der Waals surface area contributed by atoms with Crippen LogP contribution in [0.15, 0.2) is 48.6 Å². The highest BCUT2D eigenvalue weighted by Crippen LogP contribution is 2.49. The number of anilines is 1. The molecule has 0 radical (unpaired) electrons. The van der Waals surface area contributed by atoms with Crippen molar-refractivity contribution in [2.45, 2.75) is 18.4 Å². The van der Waals surface area contributed by atoms with Crippen molar-refractivity contribution in [1.82, 2.24) is 0 Å². The van der Waals surface area contributed by atoms with Crippen LogP contribution in [0.5, 0.6) is 0 Å². The minimum Gasteiger partial charge on any atom is -0.365 e. The van der Waals surface area contributed by atoms with Gasteiger partial charge in [-0.05, 0) is 18.6 Å². The number of nitrogens with zero attached hydrogens (tertiary/aromatic N) is 1. The predicted octanol–water partition coefficient (Wildman–Crippen LogP) is 3.10. The van der Waals surface area contributed by atoms with Gasteiger partial charge in [0.1, 0.15) is 0 Å².